The van der Waals surface area contributed by atoms with Gasteiger partial charge in [-0.15, -0.1) is 11.3 Å². The maximum Gasteiger partial charge on any atom is 0.322 e. The molecule has 23 heavy (non-hydrogen) atoms. The Hall–Kier alpha value is -2.28. The van der Waals surface area contributed by atoms with Crippen molar-refractivity contribution in [3.63, 3.8) is 0 Å². The molecule has 2 aromatic heterocycles. The Morgan fingerprint density at radius 3 is 3.00 bits per heavy atom. The zero-order valence-corrected chi connectivity index (χ0v) is 13.5. The molecule has 0 unspecified atom stereocenters. The maximum absolute atomic E-state index is 12.3. The standard InChI is InChI=1S/C16H19N3O3S/c20-15(17-10-13-5-2-8-22-13)12-4-1-7-19(11-12)16(21)18-14-6-3-9-23-14/h2-3,5-6,8-9,12H,1,4,7,10-11H2,(H,17,20)(H,18,21)/t12-/m1/s1. The van der Waals surface area contributed by atoms with Crippen molar-refractivity contribution in [1.82, 2.24) is 10.2 Å². The highest BCUT2D eigenvalue weighted by atomic mass is 32.1. The second-order valence-corrected chi connectivity index (χ2v) is 6.44. The summed E-state index contributed by atoms with van der Waals surface area (Å²) >= 11 is 1.48. The molecular weight excluding hydrogens is 314 g/mol. The molecule has 122 valence electrons. The Bertz CT molecular complexity index is 640. The topological polar surface area (TPSA) is 74.6 Å². The van der Waals surface area contributed by atoms with Crippen LogP contribution in [-0.2, 0) is 11.3 Å². The third-order valence-electron chi connectivity index (χ3n) is 3.85. The van der Waals surface area contributed by atoms with Gasteiger partial charge in [-0.25, -0.2) is 4.79 Å². The lowest BCUT2D eigenvalue weighted by atomic mass is 9.97. The third-order valence-corrected chi connectivity index (χ3v) is 4.63. The van der Waals surface area contributed by atoms with Gasteiger partial charge in [0.2, 0.25) is 5.91 Å². The Morgan fingerprint density at radius 2 is 2.26 bits per heavy atom. The van der Waals surface area contributed by atoms with E-state index in [1.54, 1.807) is 17.2 Å². The van der Waals surface area contributed by atoms with Gasteiger partial charge in [0, 0.05) is 13.1 Å². The number of urea groups is 1. The zero-order valence-electron chi connectivity index (χ0n) is 12.7. The third kappa shape index (κ3) is 4.13. The number of nitrogens with zero attached hydrogens (tertiary/aromatic N) is 1. The van der Waals surface area contributed by atoms with Crippen LogP contribution in [-0.4, -0.2) is 29.9 Å². The Kier molecular flexibility index (Phi) is 4.97. The SMILES string of the molecule is O=C(NCc1ccco1)[C@@H]1CCCN(C(=O)Nc2cccs2)C1. The lowest BCUT2D eigenvalue weighted by Gasteiger charge is -2.31. The van der Waals surface area contributed by atoms with Crippen LogP contribution >= 0.6 is 11.3 Å². The number of hydrogen-bond donors (Lipinski definition) is 2. The number of rotatable bonds is 4. The van der Waals surface area contributed by atoms with Crippen LogP contribution in [0.5, 0.6) is 0 Å². The number of carbonyl (C=O) groups is 2. The molecule has 0 aromatic carbocycles. The van der Waals surface area contributed by atoms with Gasteiger partial charge in [-0.1, -0.05) is 0 Å². The number of hydrogen-bond acceptors (Lipinski definition) is 4. The van der Waals surface area contributed by atoms with Gasteiger partial charge in [0.1, 0.15) is 5.76 Å². The van der Waals surface area contributed by atoms with Crippen LogP contribution in [0.3, 0.4) is 0 Å². The van der Waals surface area contributed by atoms with Gasteiger partial charge < -0.3 is 14.6 Å². The average molecular weight is 333 g/mol. The predicted molar refractivity (Wildman–Crippen MR) is 88.2 cm³/mol. The monoisotopic (exact) mass is 333 g/mol. The first-order valence-corrected chi connectivity index (χ1v) is 8.50. The molecule has 0 saturated carbocycles. The lowest BCUT2D eigenvalue weighted by molar-refractivity contribution is -0.126. The van der Waals surface area contributed by atoms with E-state index in [0.29, 0.717) is 19.6 Å². The number of thiophene rings is 1. The van der Waals surface area contributed by atoms with Crippen LogP contribution in [0.25, 0.3) is 0 Å². The molecule has 1 fully saturated rings. The molecule has 0 spiro atoms. The van der Waals surface area contributed by atoms with E-state index in [9.17, 15) is 9.59 Å². The molecule has 3 rings (SSSR count). The summed E-state index contributed by atoms with van der Waals surface area (Å²) < 4.78 is 5.20. The summed E-state index contributed by atoms with van der Waals surface area (Å²) in [6.45, 7) is 1.50. The van der Waals surface area contributed by atoms with Crippen LogP contribution in [0.4, 0.5) is 9.80 Å². The summed E-state index contributed by atoms with van der Waals surface area (Å²) in [7, 11) is 0. The molecular formula is C16H19N3O3S. The van der Waals surface area contributed by atoms with E-state index < -0.39 is 0 Å². The largest absolute Gasteiger partial charge is 0.467 e. The average Bonchev–Trinajstić information content (AvgIpc) is 3.26. The van der Waals surface area contributed by atoms with Crippen molar-refractivity contribution in [1.29, 1.82) is 0 Å². The first-order valence-electron chi connectivity index (χ1n) is 7.62. The number of furan rings is 1. The Labute approximate surface area is 138 Å². The normalized spacial score (nSPS) is 17.7. The van der Waals surface area contributed by atoms with Crippen molar-refractivity contribution in [2.75, 3.05) is 18.4 Å². The first kappa shape index (κ1) is 15.6. The second kappa shape index (κ2) is 7.32. The van der Waals surface area contributed by atoms with Crippen LogP contribution in [0.2, 0.25) is 0 Å². The molecule has 6 nitrogen and oxygen atoms in total. The fourth-order valence-electron chi connectivity index (χ4n) is 2.64. The molecule has 2 N–H and O–H groups in total. The number of likely N-dealkylation sites (tertiary alicyclic amines) is 1. The van der Waals surface area contributed by atoms with Gasteiger partial charge >= 0.3 is 6.03 Å². The van der Waals surface area contributed by atoms with Gasteiger partial charge in [-0.3, -0.25) is 10.1 Å². The minimum Gasteiger partial charge on any atom is -0.467 e. The molecule has 0 bridgehead atoms. The molecule has 7 heteroatoms. The minimum absolute atomic E-state index is 0.0324. The Balaban J connectivity index is 1.50. The summed E-state index contributed by atoms with van der Waals surface area (Å²) in [5, 5.41) is 8.47. The quantitative estimate of drug-likeness (QED) is 0.903. The molecule has 1 aliphatic heterocycles. The van der Waals surface area contributed by atoms with Crippen molar-refractivity contribution >= 4 is 28.3 Å². The molecule has 1 saturated heterocycles. The van der Waals surface area contributed by atoms with Crippen molar-refractivity contribution in [2.45, 2.75) is 19.4 Å². The van der Waals surface area contributed by atoms with Gasteiger partial charge in [-0.2, -0.15) is 0 Å². The van der Waals surface area contributed by atoms with Gasteiger partial charge in [0.05, 0.1) is 23.7 Å². The van der Waals surface area contributed by atoms with Crippen LogP contribution in [0, 0.1) is 5.92 Å². The van der Waals surface area contributed by atoms with E-state index in [1.807, 2.05) is 23.6 Å². The molecule has 3 amide bonds. The molecule has 1 atom stereocenters. The molecule has 0 radical (unpaired) electrons. The second-order valence-electron chi connectivity index (χ2n) is 5.49. The lowest BCUT2D eigenvalue weighted by Crippen LogP contribution is -2.46. The summed E-state index contributed by atoms with van der Waals surface area (Å²) in [5.74, 6) is 0.518. The Morgan fingerprint density at radius 1 is 1.35 bits per heavy atom. The maximum atomic E-state index is 12.3. The summed E-state index contributed by atoms with van der Waals surface area (Å²) in [4.78, 5) is 26.2. The highest BCUT2D eigenvalue weighted by Crippen LogP contribution is 2.20. The first-order chi connectivity index (χ1) is 11.2. The number of amides is 3. The van der Waals surface area contributed by atoms with Crippen molar-refractivity contribution < 1.29 is 14.0 Å². The number of carbonyl (C=O) groups excluding carboxylic acids is 2. The molecule has 3 heterocycles. The van der Waals surface area contributed by atoms with E-state index >= 15 is 0 Å². The highest BCUT2D eigenvalue weighted by Gasteiger charge is 2.28. The smallest absolute Gasteiger partial charge is 0.322 e. The fourth-order valence-corrected chi connectivity index (χ4v) is 3.25. The minimum atomic E-state index is -0.173. The van der Waals surface area contributed by atoms with Gasteiger partial charge in [0.15, 0.2) is 0 Å². The zero-order chi connectivity index (χ0) is 16.1. The van der Waals surface area contributed by atoms with E-state index in [-0.39, 0.29) is 17.9 Å². The number of piperidine rings is 1. The van der Waals surface area contributed by atoms with Crippen LogP contribution < -0.4 is 10.6 Å². The summed E-state index contributed by atoms with van der Waals surface area (Å²) in [6, 6.07) is 7.22. The van der Waals surface area contributed by atoms with Gasteiger partial charge in [-0.05, 0) is 42.5 Å². The van der Waals surface area contributed by atoms with Crippen LogP contribution in [0.15, 0.2) is 40.3 Å². The highest BCUT2D eigenvalue weighted by molar-refractivity contribution is 7.14. The van der Waals surface area contributed by atoms with E-state index in [4.69, 9.17) is 4.42 Å². The molecule has 0 aliphatic carbocycles. The fraction of sp³-hybridized carbons (Fsp3) is 0.375. The van der Waals surface area contributed by atoms with Crippen molar-refractivity contribution in [3.8, 4) is 0 Å². The van der Waals surface area contributed by atoms with E-state index in [0.717, 1.165) is 23.6 Å². The predicted octanol–water partition coefficient (Wildman–Crippen LogP) is 2.90. The van der Waals surface area contributed by atoms with Crippen molar-refractivity contribution in [3.05, 3.63) is 41.7 Å². The van der Waals surface area contributed by atoms with Gasteiger partial charge in [0.25, 0.3) is 0 Å². The number of nitrogens with one attached hydrogen (secondary N) is 2. The molecule has 2 aromatic rings. The van der Waals surface area contributed by atoms with Crippen LogP contribution in [0.1, 0.15) is 18.6 Å². The summed E-state index contributed by atoms with van der Waals surface area (Å²) in [5.41, 5.74) is 0. The number of anilines is 1. The van der Waals surface area contributed by atoms with E-state index in [2.05, 4.69) is 10.6 Å². The summed E-state index contributed by atoms with van der Waals surface area (Å²) in [6.07, 6.45) is 3.21. The van der Waals surface area contributed by atoms with Crippen molar-refractivity contribution in [2.24, 2.45) is 5.92 Å². The van der Waals surface area contributed by atoms with E-state index in [1.165, 1.54) is 11.3 Å². The molecule has 1 aliphatic rings.